The van der Waals surface area contributed by atoms with Crippen LogP contribution in [0.25, 0.3) is 10.9 Å². The van der Waals surface area contributed by atoms with Crippen molar-refractivity contribution in [2.45, 2.75) is 32.2 Å². The van der Waals surface area contributed by atoms with Crippen LogP contribution in [0.5, 0.6) is 5.75 Å². The van der Waals surface area contributed by atoms with E-state index in [1.807, 2.05) is 18.2 Å². The van der Waals surface area contributed by atoms with E-state index in [0.29, 0.717) is 6.42 Å². The topological polar surface area (TPSA) is 42.2 Å². The third-order valence-electron chi connectivity index (χ3n) is 5.47. The normalized spacial score (nSPS) is 12.2. The number of hydrogen-bond donors (Lipinski definition) is 1. The highest BCUT2D eigenvalue weighted by Crippen LogP contribution is 2.36. The van der Waals surface area contributed by atoms with Gasteiger partial charge >= 0.3 is 0 Å². The largest absolute Gasteiger partial charge is 0.508 e. The molecule has 3 nitrogen and oxygen atoms in total. The fraction of sp³-hybridized carbons (Fsp3) is 0.192. The minimum Gasteiger partial charge on any atom is -0.508 e. The molecule has 1 N–H and O–H groups in total. The number of benzene rings is 3. The lowest BCUT2D eigenvalue weighted by Crippen LogP contribution is -2.04. The van der Waals surface area contributed by atoms with E-state index in [9.17, 15) is 9.90 Å². The second kappa shape index (κ2) is 8.36. The van der Waals surface area contributed by atoms with Gasteiger partial charge in [-0.2, -0.15) is 0 Å². The standard InChI is InChI=1S/C26H25NO2/c1-19(28)11-16-23(21-12-14-22(29)15-13-21)25-18-27(17-20-7-3-2-4-8-20)26-10-6-5-9-24(25)26/h2-10,12-15,18,23,29H,11,16-17H2,1H3. The molecule has 4 rings (SSSR count). The smallest absolute Gasteiger partial charge is 0.129 e. The SMILES string of the molecule is CC(=O)CCC(c1ccc(O)cc1)c1cn(Cc2ccccc2)c2ccccc12. The number of nitrogens with zero attached hydrogens (tertiary/aromatic N) is 1. The molecule has 0 amide bonds. The van der Waals surface area contributed by atoms with Crippen LogP contribution in [0.1, 0.15) is 42.4 Å². The number of ketones is 1. The predicted octanol–water partition coefficient (Wildman–Crippen LogP) is 5.90. The minimum atomic E-state index is 0.0985. The van der Waals surface area contributed by atoms with Crippen LogP contribution in [-0.4, -0.2) is 15.5 Å². The number of carbonyl (C=O) groups is 1. The zero-order valence-corrected chi connectivity index (χ0v) is 16.6. The molecule has 1 unspecified atom stereocenters. The van der Waals surface area contributed by atoms with Crippen LogP contribution in [0, 0.1) is 0 Å². The maximum atomic E-state index is 11.7. The van der Waals surface area contributed by atoms with Crippen LogP contribution >= 0.6 is 0 Å². The van der Waals surface area contributed by atoms with Crippen molar-refractivity contribution in [3.63, 3.8) is 0 Å². The van der Waals surface area contributed by atoms with Crippen molar-refractivity contribution < 1.29 is 9.90 Å². The van der Waals surface area contributed by atoms with Crippen LogP contribution < -0.4 is 0 Å². The first-order chi connectivity index (χ1) is 14.1. The third-order valence-corrected chi connectivity index (χ3v) is 5.47. The zero-order valence-electron chi connectivity index (χ0n) is 16.6. The molecule has 0 spiro atoms. The molecule has 0 aliphatic rings. The quantitative estimate of drug-likeness (QED) is 0.432. The summed E-state index contributed by atoms with van der Waals surface area (Å²) in [6.07, 6.45) is 3.51. The molecule has 3 aromatic carbocycles. The zero-order chi connectivity index (χ0) is 20.2. The first-order valence-corrected chi connectivity index (χ1v) is 10.0. The van der Waals surface area contributed by atoms with Gasteiger partial charge in [-0.15, -0.1) is 0 Å². The van der Waals surface area contributed by atoms with E-state index in [4.69, 9.17) is 0 Å². The van der Waals surface area contributed by atoms with Gasteiger partial charge in [-0.3, -0.25) is 0 Å². The summed E-state index contributed by atoms with van der Waals surface area (Å²) in [7, 11) is 0. The lowest BCUT2D eigenvalue weighted by molar-refractivity contribution is -0.117. The molecular formula is C26H25NO2. The van der Waals surface area contributed by atoms with Crippen molar-refractivity contribution in [3.8, 4) is 5.75 Å². The summed E-state index contributed by atoms with van der Waals surface area (Å²) < 4.78 is 2.29. The van der Waals surface area contributed by atoms with Gasteiger partial charge in [0.05, 0.1) is 0 Å². The van der Waals surface area contributed by atoms with Gasteiger partial charge in [-0.05, 0) is 48.2 Å². The van der Waals surface area contributed by atoms with E-state index in [1.54, 1.807) is 19.1 Å². The van der Waals surface area contributed by atoms with E-state index in [2.05, 4.69) is 59.3 Å². The summed E-state index contributed by atoms with van der Waals surface area (Å²) in [4.78, 5) is 11.7. The average Bonchev–Trinajstić information content (AvgIpc) is 3.08. The Hall–Kier alpha value is -3.33. The monoisotopic (exact) mass is 383 g/mol. The molecule has 146 valence electrons. The Morgan fingerprint density at radius 3 is 2.34 bits per heavy atom. The Labute approximate surface area is 171 Å². The average molecular weight is 383 g/mol. The number of hydrogen-bond acceptors (Lipinski definition) is 2. The van der Waals surface area contributed by atoms with Crippen LogP contribution in [0.4, 0.5) is 0 Å². The van der Waals surface area contributed by atoms with Crippen molar-refractivity contribution in [2.24, 2.45) is 0 Å². The van der Waals surface area contributed by atoms with E-state index < -0.39 is 0 Å². The number of phenols is 1. The molecule has 0 saturated carbocycles. The van der Waals surface area contributed by atoms with Gasteiger partial charge in [-0.1, -0.05) is 60.7 Å². The first kappa shape index (κ1) is 19.0. The molecule has 0 fully saturated rings. The second-order valence-corrected chi connectivity index (χ2v) is 7.60. The van der Waals surface area contributed by atoms with Crippen LogP contribution in [0.15, 0.2) is 85.1 Å². The van der Waals surface area contributed by atoms with Crippen molar-refractivity contribution >= 4 is 16.7 Å². The summed E-state index contributed by atoms with van der Waals surface area (Å²) >= 11 is 0. The van der Waals surface area contributed by atoms with Gasteiger partial charge in [0.25, 0.3) is 0 Å². The summed E-state index contributed by atoms with van der Waals surface area (Å²) in [5, 5.41) is 10.9. The van der Waals surface area contributed by atoms with Gasteiger partial charge in [0.1, 0.15) is 11.5 Å². The molecule has 29 heavy (non-hydrogen) atoms. The molecule has 0 bridgehead atoms. The van der Waals surface area contributed by atoms with Gasteiger partial charge in [0.15, 0.2) is 0 Å². The Morgan fingerprint density at radius 2 is 1.62 bits per heavy atom. The van der Waals surface area contributed by atoms with Crippen LogP contribution in [0.2, 0.25) is 0 Å². The summed E-state index contributed by atoms with van der Waals surface area (Å²) in [6, 6.07) is 26.3. The van der Waals surface area contributed by atoms with Crippen molar-refractivity contribution in [1.29, 1.82) is 0 Å². The highest BCUT2D eigenvalue weighted by atomic mass is 16.3. The van der Waals surface area contributed by atoms with Gasteiger partial charge in [0.2, 0.25) is 0 Å². The number of carbonyl (C=O) groups excluding carboxylic acids is 1. The molecule has 3 heteroatoms. The van der Waals surface area contributed by atoms with E-state index in [-0.39, 0.29) is 17.5 Å². The Kier molecular flexibility index (Phi) is 5.48. The van der Waals surface area contributed by atoms with Crippen LogP contribution in [-0.2, 0) is 11.3 Å². The van der Waals surface area contributed by atoms with Crippen molar-refractivity contribution in [2.75, 3.05) is 0 Å². The summed E-state index contributed by atoms with van der Waals surface area (Å²) in [6.45, 7) is 2.45. The maximum absolute atomic E-state index is 11.7. The lowest BCUT2D eigenvalue weighted by Gasteiger charge is -2.17. The van der Waals surface area contributed by atoms with Gasteiger partial charge in [0, 0.05) is 36.0 Å². The first-order valence-electron chi connectivity index (χ1n) is 10.0. The highest BCUT2D eigenvalue weighted by Gasteiger charge is 2.20. The fourth-order valence-electron chi connectivity index (χ4n) is 4.02. The molecule has 0 aliphatic heterocycles. The van der Waals surface area contributed by atoms with E-state index in [1.165, 1.54) is 22.0 Å². The maximum Gasteiger partial charge on any atom is 0.129 e. The molecule has 1 heterocycles. The highest BCUT2D eigenvalue weighted by molar-refractivity contribution is 5.85. The molecule has 1 aromatic heterocycles. The van der Waals surface area contributed by atoms with E-state index in [0.717, 1.165) is 18.5 Å². The van der Waals surface area contributed by atoms with Crippen molar-refractivity contribution in [1.82, 2.24) is 4.57 Å². The second-order valence-electron chi connectivity index (χ2n) is 7.60. The third kappa shape index (κ3) is 4.24. The number of aromatic nitrogens is 1. The van der Waals surface area contributed by atoms with Gasteiger partial charge in [-0.25, -0.2) is 0 Å². The Morgan fingerprint density at radius 1 is 0.931 bits per heavy atom. The molecule has 4 aromatic rings. The summed E-state index contributed by atoms with van der Waals surface area (Å²) in [5.41, 5.74) is 4.79. The molecule has 1 atom stereocenters. The molecular weight excluding hydrogens is 358 g/mol. The lowest BCUT2D eigenvalue weighted by atomic mass is 9.86. The number of para-hydroxylation sites is 1. The number of Topliss-reactive ketones (excluding diaryl/α,β-unsaturated/α-hetero) is 1. The minimum absolute atomic E-state index is 0.0985. The van der Waals surface area contributed by atoms with Crippen LogP contribution in [0.3, 0.4) is 0 Å². The predicted molar refractivity (Wildman–Crippen MR) is 117 cm³/mol. The Bertz CT molecular complexity index is 1110. The Balaban J connectivity index is 1.80. The fourth-order valence-corrected chi connectivity index (χ4v) is 4.02. The summed E-state index contributed by atoms with van der Waals surface area (Å²) in [5.74, 6) is 0.550. The number of rotatable bonds is 7. The number of fused-ring (bicyclic) bond motifs is 1. The molecule has 0 aliphatic carbocycles. The van der Waals surface area contributed by atoms with Crippen molar-refractivity contribution in [3.05, 3.63) is 102 Å². The molecule has 0 saturated heterocycles. The number of aromatic hydroxyl groups is 1. The van der Waals surface area contributed by atoms with Gasteiger partial charge < -0.3 is 14.5 Å². The van der Waals surface area contributed by atoms with E-state index >= 15 is 0 Å². The number of phenolic OH excluding ortho intramolecular Hbond substituents is 1. The molecule has 0 radical (unpaired) electrons.